The Labute approximate surface area is 192 Å². The Morgan fingerprint density at radius 3 is 2.44 bits per heavy atom. The number of anilines is 1. The molecule has 0 unspecified atom stereocenters. The first-order chi connectivity index (χ1) is 15.5. The van der Waals surface area contributed by atoms with Crippen LogP contribution in [0.2, 0.25) is 0 Å². The number of benzene rings is 2. The van der Waals surface area contributed by atoms with Crippen LogP contribution in [0.3, 0.4) is 0 Å². The molecule has 1 atom stereocenters. The van der Waals surface area contributed by atoms with Crippen LogP contribution >= 0.6 is 11.6 Å². The molecule has 2 aromatic rings. The molecule has 7 heteroatoms. The number of nitrogens with zero attached hydrogens (tertiary/aromatic N) is 2. The van der Waals surface area contributed by atoms with Crippen molar-refractivity contribution >= 4 is 35.0 Å². The maximum Gasteiger partial charge on any atom is 0.279 e. The van der Waals surface area contributed by atoms with Crippen LogP contribution in [0.25, 0.3) is 0 Å². The van der Waals surface area contributed by atoms with Gasteiger partial charge >= 0.3 is 0 Å². The quantitative estimate of drug-likeness (QED) is 0.655. The Hall–Kier alpha value is -3.12. The summed E-state index contributed by atoms with van der Waals surface area (Å²) in [5, 5.41) is 2.83. The molecule has 0 aromatic heterocycles. The van der Waals surface area contributed by atoms with Gasteiger partial charge in [-0.3, -0.25) is 19.3 Å². The maximum atomic E-state index is 13.0. The van der Waals surface area contributed by atoms with E-state index in [0.29, 0.717) is 11.3 Å². The number of piperidine rings is 1. The number of hydrogen-bond acceptors (Lipinski definition) is 4. The summed E-state index contributed by atoms with van der Waals surface area (Å²) in [6.07, 6.45) is 4.19. The lowest BCUT2D eigenvalue weighted by atomic mass is 9.99. The second kappa shape index (κ2) is 9.57. The summed E-state index contributed by atoms with van der Waals surface area (Å²) >= 11 is 6.19. The van der Waals surface area contributed by atoms with Crippen molar-refractivity contribution < 1.29 is 14.4 Å². The zero-order valence-electron chi connectivity index (χ0n) is 18.0. The molecule has 2 aliphatic rings. The first-order valence-corrected chi connectivity index (χ1v) is 11.4. The largest absolute Gasteiger partial charge is 0.350 e. The van der Waals surface area contributed by atoms with Gasteiger partial charge in [0.15, 0.2) is 0 Å². The van der Waals surface area contributed by atoms with Gasteiger partial charge in [0.25, 0.3) is 17.7 Å². The molecule has 0 aliphatic carbocycles. The summed E-state index contributed by atoms with van der Waals surface area (Å²) < 4.78 is 0. The van der Waals surface area contributed by atoms with Crippen molar-refractivity contribution in [2.24, 2.45) is 0 Å². The average Bonchev–Trinajstić information content (AvgIpc) is 3.03. The highest BCUT2D eigenvalue weighted by Crippen LogP contribution is 2.28. The second-order valence-electron chi connectivity index (χ2n) is 8.13. The first kappa shape index (κ1) is 22.1. The molecule has 2 aliphatic heterocycles. The highest BCUT2D eigenvalue weighted by atomic mass is 35.5. The van der Waals surface area contributed by atoms with Gasteiger partial charge < -0.3 is 10.2 Å². The fourth-order valence-electron chi connectivity index (χ4n) is 4.26. The molecule has 0 bridgehead atoms. The van der Waals surface area contributed by atoms with E-state index in [1.54, 1.807) is 24.3 Å². The fourth-order valence-corrected chi connectivity index (χ4v) is 4.49. The zero-order valence-corrected chi connectivity index (χ0v) is 18.8. The van der Waals surface area contributed by atoms with Crippen molar-refractivity contribution in [2.45, 2.75) is 45.2 Å². The van der Waals surface area contributed by atoms with Gasteiger partial charge in [-0.15, -0.1) is 0 Å². The lowest BCUT2D eigenvalue weighted by molar-refractivity contribution is -0.138. The van der Waals surface area contributed by atoms with Gasteiger partial charge in [0, 0.05) is 23.8 Å². The number of rotatable bonds is 6. The smallest absolute Gasteiger partial charge is 0.279 e. The lowest BCUT2D eigenvalue weighted by Gasteiger charge is -2.35. The van der Waals surface area contributed by atoms with Crippen LogP contribution in [-0.4, -0.2) is 40.1 Å². The molecule has 0 saturated carbocycles. The van der Waals surface area contributed by atoms with Crippen LogP contribution in [-0.2, 0) is 16.1 Å². The highest BCUT2D eigenvalue weighted by molar-refractivity contribution is 6.48. The van der Waals surface area contributed by atoms with Gasteiger partial charge in [0.2, 0.25) is 0 Å². The van der Waals surface area contributed by atoms with E-state index in [0.717, 1.165) is 42.7 Å². The lowest BCUT2D eigenvalue weighted by Crippen LogP contribution is -2.43. The van der Waals surface area contributed by atoms with E-state index in [4.69, 9.17) is 11.6 Å². The third kappa shape index (κ3) is 4.41. The summed E-state index contributed by atoms with van der Waals surface area (Å²) in [5.74, 6) is -0.963. The van der Waals surface area contributed by atoms with E-state index >= 15 is 0 Å². The molecule has 1 fully saturated rings. The van der Waals surface area contributed by atoms with Gasteiger partial charge in [-0.1, -0.05) is 48.9 Å². The molecule has 32 heavy (non-hydrogen) atoms. The Balaban J connectivity index is 1.45. The van der Waals surface area contributed by atoms with Crippen LogP contribution < -0.4 is 5.32 Å². The first-order valence-electron chi connectivity index (χ1n) is 11.0. The van der Waals surface area contributed by atoms with Crippen molar-refractivity contribution in [3.63, 3.8) is 0 Å². The molecular weight excluding hydrogens is 426 g/mol. The SMILES string of the molecule is CC[C@H]1CCCCN1C(=O)c1ccc(NC2=C(Cl)C(=O)N(Cc3ccccc3)C2=O)cc1. The molecule has 0 spiro atoms. The van der Waals surface area contributed by atoms with Gasteiger partial charge in [-0.25, -0.2) is 0 Å². The second-order valence-corrected chi connectivity index (χ2v) is 8.51. The topological polar surface area (TPSA) is 69.7 Å². The van der Waals surface area contributed by atoms with E-state index in [1.165, 1.54) is 0 Å². The van der Waals surface area contributed by atoms with Crippen LogP contribution in [0.5, 0.6) is 0 Å². The number of carbonyl (C=O) groups is 3. The molecule has 166 valence electrons. The third-order valence-corrected chi connectivity index (χ3v) is 6.41. The monoisotopic (exact) mass is 451 g/mol. The highest BCUT2D eigenvalue weighted by Gasteiger charge is 2.37. The number of hydrogen-bond donors (Lipinski definition) is 1. The zero-order chi connectivity index (χ0) is 22.7. The summed E-state index contributed by atoms with van der Waals surface area (Å²) in [7, 11) is 0. The predicted octanol–water partition coefficient (Wildman–Crippen LogP) is 4.52. The molecular formula is C25H26ClN3O3. The number of amides is 3. The van der Waals surface area contributed by atoms with Gasteiger partial charge in [-0.05, 0) is 55.5 Å². The van der Waals surface area contributed by atoms with Crippen LogP contribution in [0.15, 0.2) is 65.3 Å². The van der Waals surface area contributed by atoms with E-state index < -0.39 is 11.8 Å². The molecule has 1 N–H and O–H groups in total. The number of carbonyl (C=O) groups excluding carboxylic acids is 3. The van der Waals surface area contributed by atoms with Crippen molar-refractivity contribution in [2.75, 3.05) is 11.9 Å². The standard InChI is InChI=1S/C25H26ClN3O3/c1-2-20-10-6-7-15-28(20)23(30)18-11-13-19(14-12-18)27-22-21(26)24(31)29(25(22)32)16-17-8-4-3-5-9-17/h3-5,8-9,11-14,20,27H,2,6-7,10,15-16H2,1H3/t20-/m0/s1. The van der Waals surface area contributed by atoms with Gasteiger partial charge in [0.1, 0.15) is 10.7 Å². The normalized spacial score (nSPS) is 19.0. The van der Waals surface area contributed by atoms with Crippen molar-refractivity contribution in [3.05, 3.63) is 76.5 Å². The van der Waals surface area contributed by atoms with Crippen LogP contribution in [0.4, 0.5) is 5.69 Å². The Bertz CT molecular complexity index is 1050. The molecule has 6 nitrogen and oxygen atoms in total. The van der Waals surface area contributed by atoms with Gasteiger partial charge in [0.05, 0.1) is 6.54 Å². The molecule has 3 amide bonds. The van der Waals surface area contributed by atoms with Crippen molar-refractivity contribution in [1.29, 1.82) is 0 Å². The minimum absolute atomic E-state index is 0.0292. The number of likely N-dealkylation sites (tertiary alicyclic amines) is 1. The molecule has 1 saturated heterocycles. The Morgan fingerprint density at radius 2 is 1.75 bits per heavy atom. The summed E-state index contributed by atoms with van der Waals surface area (Å²) in [5.41, 5.74) is 2.08. The summed E-state index contributed by atoms with van der Waals surface area (Å²) in [4.78, 5) is 41.4. The fraction of sp³-hybridized carbons (Fsp3) is 0.320. The van der Waals surface area contributed by atoms with Crippen LogP contribution in [0.1, 0.15) is 48.5 Å². The van der Waals surface area contributed by atoms with E-state index in [1.807, 2.05) is 35.2 Å². The van der Waals surface area contributed by atoms with E-state index in [-0.39, 0.29) is 29.2 Å². The average molecular weight is 452 g/mol. The molecule has 2 aromatic carbocycles. The van der Waals surface area contributed by atoms with Crippen molar-refractivity contribution in [1.82, 2.24) is 9.80 Å². The summed E-state index contributed by atoms with van der Waals surface area (Å²) in [6, 6.07) is 16.5. The minimum Gasteiger partial charge on any atom is -0.350 e. The van der Waals surface area contributed by atoms with Crippen molar-refractivity contribution in [3.8, 4) is 0 Å². The Morgan fingerprint density at radius 1 is 1.03 bits per heavy atom. The minimum atomic E-state index is -0.523. The number of imide groups is 1. The molecule has 4 rings (SSSR count). The molecule has 2 heterocycles. The number of nitrogens with one attached hydrogen (secondary N) is 1. The summed E-state index contributed by atoms with van der Waals surface area (Å²) in [6.45, 7) is 3.05. The van der Waals surface area contributed by atoms with Gasteiger partial charge in [-0.2, -0.15) is 0 Å². The van der Waals surface area contributed by atoms with E-state index in [9.17, 15) is 14.4 Å². The third-order valence-electron chi connectivity index (χ3n) is 6.06. The number of halogens is 1. The predicted molar refractivity (Wildman–Crippen MR) is 124 cm³/mol. The maximum absolute atomic E-state index is 13.0. The molecule has 0 radical (unpaired) electrons. The van der Waals surface area contributed by atoms with Crippen LogP contribution in [0, 0.1) is 0 Å². The Kier molecular flexibility index (Phi) is 6.61. The van der Waals surface area contributed by atoms with E-state index in [2.05, 4.69) is 12.2 Å².